The fourth-order valence-electron chi connectivity index (χ4n) is 1.73. The number of nitrogens with two attached hydrogens (primary N) is 1. The molecular weight excluding hydrogens is 379 g/mol. The highest BCUT2D eigenvalue weighted by atomic mass is 127. The van der Waals surface area contributed by atoms with Crippen molar-refractivity contribution in [1.29, 1.82) is 0 Å². The molecular formula is C12H11IN2O5. The first kappa shape index (κ1) is 14.6. The van der Waals surface area contributed by atoms with Crippen LogP contribution in [0.25, 0.3) is 0 Å². The molecule has 20 heavy (non-hydrogen) atoms. The van der Waals surface area contributed by atoms with Crippen molar-refractivity contribution in [2.24, 2.45) is 0 Å². The van der Waals surface area contributed by atoms with Crippen LogP contribution in [0.2, 0.25) is 0 Å². The van der Waals surface area contributed by atoms with E-state index in [2.05, 4.69) is 0 Å². The smallest absolute Gasteiger partial charge is 0.365 e. The zero-order valence-corrected chi connectivity index (χ0v) is 12.5. The Balaban J connectivity index is 2.15. The van der Waals surface area contributed by atoms with Gasteiger partial charge in [-0.05, 0) is 17.7 Å². The lowest BCUT2D eigenvalue weighted by Crippen LogP contribution is -2.32. The number of rotatable bonds is 4. The Hall–Kier alpha value is -1.84. The normalized spacial score (nSPS) is 14.7. The molecule has 1 aliphatic rings. The van der Waals surface area contributed by atoms with E-state index >= 15 is 0 Å². The molecule has 2 rings (SSSR count). The third-order valence-electron chi connectivity index (χ3n) is 2.72. The first-order valence-electron chi connectivity index (χ1n) is 5.71. The van der Waals surface area contributed by atoms with E-state index in [0.29, 0.717) is 9.49 Å². The van der Waals surface area contributed by atoms with Crippen molar-refractivity contribution in [3.8, 4) is 0 Å². The van der Waals surface area contributed by atoms with E-state index in [9.17, 15) is 17.5 Å². The fourth-order valence-corrected chi connectivity index (χ4v) is 2.57. The largest absolute Gasteiger partial charge is 0.398 e. The van der Waals surface area contributed by atoms with Gasteiger partial charge in [-0.3, -0.25) is 12.7 Å². The summed E-state index contributed by atoms with van der Waals surface area (Å²) < 4.78 is 11.0. The number of imide groups is 1. The SMILES string of the molecule is Nc1cc(CI=O)ccc1C(=O)ON1C(=O)CCC1=O. The van der Waals surface area contributed by atoms with Crippen LogP contribution in [0, 0.1) is 0 Å². The van der Waals surface area contributed by atoms with Crippen LogP contribution in [-0.4, -0.2) is 22.8 Å². The third-order valence-corrected chi connectivity index (χ3v) is 3.92. The van der Waals surface area contributed by atoms with Gasteiger partial charge in [0.1, 0.15) is 21.2 Å². The number of nitrogens with zero attached hydrogens (tertiary/aromatic N) is 1. The average molecular weight is 390 g/mol. The van der Waals surface area contributed by atoms with Crippen molar-refractivity contribution >= 4 is 44.7 Å². The van der Waals surface area contributed by atoms with Gasteiger partial charge in [-0.15, -0.1) is 5.06 Å². The van der Waals surface area contributed by atoms with Gasteiger partial charge in [-0.1, -0.05) is 6.07 Å². The minimum Gasteiger partial charge on any atom is -0.398 e. The van der Waals surface area contributed by atoms with E-state index < -0.39 is 39.0 Å². The second-order valence-electron chi connectivity index (χ2n) is 4.12. The Labute approximate surface area is 124 Å². The third kappa shape index (κ3) is 3.00. The highest BCUT2D eigenvalue weighted by Crippen LogP contribution is 2.20. The van der Waals surface area contributed by atoms with Gasteiger partial charge < -0.3 is 10.6 Å². The summed E-state index contributed by atoms with van der Waals surface area (Å²) in [5.41, 5.74) is 6.69. The van der Waals surface area contributed by atoms with Crippen LogP contribution in [0.15, 0.2) is 18.2 Å². The molecule has 0 bridgehead atoms. The van der Waals surface area contributed by atoms with Crippen molar-refractivity contribution in [1.82, 2.24) is 5.06 Å². The van der Waals surface area contributed by atoms with Gasteiger partial charge in [-0.25, -0.2) is 4.79 Å². The lowest BCUT2D eigenvalue weighted by Gasteiger charge is -2.13. The summed E-state index contributed by atoms with van der Waals surface area (Å²) >= 11 is -1.15. The Bertz CT molecular complexity index is 586. The molecule has 1 fully saturated rings. The van der Waals surface area contributed by atoms with Gasteiger partial charge in [0.05, 0.1) is 9.99 Å². The van der Waals surface area contributed by atoms with Crippen molar-refractivity contribution < 1.29 is 22.3 Å². The maximum absolute atomic E-state index is 11.9. The van der Waals surface area contributed by atoms with Crippen LogP contribution in [0.1, 0.15) is 28.8 Å². The number of hydrogen-bond acceptors (Lipinski definition) is 6. The van der Waals surface area contributed by atoms with Crippen LogP contribution < -0.4 is 5.73 Å². The molecule has 0 saturated carbocycles. The standard InChI is InChI=1S/C12H11IN2O5/c14-9-5-7(6-13-19)1-2-8(9)12(18)20-15-10(16)3-4-11(15)17/h1-2,5H,3-4,6,14H2. The Morgan fingerprint density at radius 3 is 2.50 bits per heavy atom. The molecule has 7 nitrogen and oxygen atoms in total. The first-order valence-corrected chi connectivity index (χ1v) is 8.11. The van der Waals surface area contributed by atoms with Crippen LogP contribution in [-0.2, 0) is 21.9 Å². The van der Waals surface area contributed by atoms with E-state index in [1.54, 1.807) is 6.07 Å². The number of halogens is 1. The molecule has 0 aromatic heterocycles. The summed E-state index contributed by atoms with van der Waals surface area (Å²) in [7, 11) is 0. The molecule has 0 spiro atoms. The van der Waals surface area contributed by atoms with E-state index in [1.807, 2.05) is 0 Å². The highest BCUT2D eigenvalue weighted by Gasteiger charge is 2.33. The molecule has 0 radical (unpaired) electrons. The maximum atomic E-state index is 11.9. The number of carbonyl (C=O) groups excluding carboxylic acids is 3. The summed E-state index contributed by atoms with van der Waals surface area (Å²) in [5, 5.41) is 0.471. The Kier molecular flexibility index (Phi) is 4.42. The van der Waals surface area contributed by atoms with Gasteiger partial charge in [0.15, 0.2) is 0 Å². The topological polar surface area (TPSA) is 107 Å². The molecule has 1 saturated heterocycles. The number of carbonyl (C=O) groups is 3. The van der Waals surface area contributed by atoms with Crippen molar-refractivity contribution in [2.45, 2.75) is 17.3 Å². The van der Waals surface area contributed by atoms with Gasteiger partial charge in [0.2, 0.25) is 0 Å². The number of anilines is 1. The average Bonchev–Trinajstić information content (AvgIpc) is 2.71. The van der Waals surface area contributed by atoms with Gasteiger partial charge in [0.25, 0.3) is 11.8 Å². The summed E-state index contributed by atoms with van der Waals surface area (Å²) in [6.07, 6.45) is 0.0708. The predicted octanol–water partition coefficient (Wildman–Crippen LogP) is 1.31. The molecule has 2 N–H and O–H groups in total. The van der Waals surface area contributed by atoms with E-state index in [-0.39, 0.29) is 24.1 Å². The second-order valence-corrected chi connectivity index (χ2v) is 5.51. The summed E-state index contributed by atoms with van der Waals surface area (Å²) in [6.45, 7) is 0. The number of nitrogen functional groups attached to an aromatic ring is 1. The predicted molar refractivity (Wildman–Crippen MR) is 75.8 cm³/mol. The number of amides is 2. The van der Waals surface area contributed by atoms with Crippen molar-refractivity contribution in [3.05, 3.63) is 29.3 Å². The lowest BCUT2D eigenvalue weighted by atomic mass is 10.1. The molecule has 1 aliphatic heterocycles. The molecule has 0 aliphatic carbocycles. The first-order chi connectivity index (χ1) is 9.52. The van der Waals surface area contributed by atoms with Crippen LogP contribution in [0.4, 0.5) is 5.69 Å². The van der Waals surface area contributed by atoms with Crippen molar-refractivity contribution in [3.63, 3.8) is 0 Å². The molecule has 8 heteroatoms. The van der Waals surface area contributed by atoms with E-state index in [0.717, 1.165) is 5.56 Å². The number of hydroxylamine groups is 2. The van der Waals surface area contributed by atoms with Gasteiger partial charge in [-0.2, -0.15) is 0 Å². The molecule has 1 aromatic carbocycles. The lowest BCUT2D eigenvalue weighted by molar-refractivity contribution is -0.172. The molecule has 0 unspecified atom stereocenters. The van der Waals surface area contributed by atoms with Crippen LogP contribution in [0.5, 0.6) is 0 Å². The number of alkyl halides is 1. The van der Waals surface area contributed by atoms with Gasteiger partial charge in [0, 0.05) is 18.5 Å². The minimum absolute atomic E-state index is 0.0354. The number of hydrogen-bond donors (Lipinski definition) is 1. The summed E-state index contributed by atoms with van der Waals surface area (Å²) in [4.78, 5) is 39.3. The molecule has 1 aromatic rings. The summed E-state index contributed by atoms with van der Waals surface area (Å²) in [6, 6.07) is 4.57. The molecule has 2 amide bonds. The van der Waals surface area contributed by atoms with Crippen LogP contribution >= 0.6 is 21.2 Å². The van der Waals surface area contributed by atoms with Gasteiger partial charge >= 0.3 is 5.97 Å². The Morgan fingerprint density at radius 2 is 1.95 bits per heavy atom. The van der Waals surface area contributed by atoms with E-state index in [1.165, 1.54) is 12.1 Å². The second kappa shape index (κ2) is 6.07. The monoisotopic (exact) mass is 390 g/mol. The van der Waals surface area contributed by atoms with Crippen molar-refractivity contribution in [2.75, 3.05) is 5.73 Å². The molecule has 0 atom stereocenters. The molecule has 1 heterocycles. The Morgan fingerprint density at radius 1 is 1.30 bits per heavy atom. The summed E-state index contributed by atoms with van der Waals surface area (Å²) in [5.74, 6) is -1.96. The highest BCUT2D eigenvalue weighted by molar-refractivity contribution is 14.1. The molecule has 106 valence electrons. The minimum atomic E-state index is -1.15. The van der Waals surface area contributed by atoms with Crippen LogP contribution in [0.3, 0.4) is 0 Å². The number of benzene rings is 1. The zero-order chi connectivity index (χ0) is 14.7. The zero-order valence-electron chi connectivity index (χ0n) is 10.3. The van der Waals surface area contributed by atoms with E-state index in [4.69, 9.17) is 10.6 Å². The fraction of sp³-hybridized carbons (Fsp3) is 0.250. The quantitative estimate of drug-likeness (QED) is 0.360. The maximum Gasteiger partial charge on any atom is 0.365 e.